The molecule has 9 heteroatoms. The van der Waals surface area contributed by atoms with Gasteiger partial charge >= 0.3 is 6.09 Å². The summed E-state index contributed by atoms with van der Waals surface area (Å²) in [6.07, 6.45) is 3.36. The van der Waals surface area contributed by atoms with Crippen molar-refractivity contribution in [3.63, 3.8) is 0 Å². The number of hydrogen-bond donors (Lipinski definition) is 0. The summed E-state index contributed by atoms with van der Waals surface area (Å²) in [5, 5.41) is 1.89. The van der Waals surface area contributed by atoms with Gasteiger partial charge in [-0.1, -0.05) is 17.4 Å². The van der Waals surface area contributed by atoms with E-state index in [1.165, 1.54) is 22.8 Å². The van der Waals surface area contributed by atoms with E-state index < -0.39 is 23.3 Å². The second kappa shape index (κ2) is 9.13. The number of carbonyl (C=O) groups is 1. The Bertz CT molecular complexity index is 1420. The highest BCUT2D eigenvalue weighted by atomic mass is 32.1. The first-order chi connectivity index (χ1) is 17.1. The molecule has 0 atom stereocenters. The number of fused-ring (bicyclic) bond motifs is 1. The fraction of sp³-hybridized carbons (Fsp3) is 0.296. The van der Waals surface area contributed by atoms with E-state index in [0.717, 1.165) is 26.8 Å². The summed E-state index contributed by atoms with van der Waals surface area (Å²) in [6.45, 7) is 8.35. The van der Waals surface area contributed by atoms with Crippen LogP contribution in [-0.4, -0.2) is 32.8 Å². The van der Waals surface area contributed by atoms with Crippen LogP contribution in [0.15, 0.2) is 48.8 Å². The first kappa shape index (κ1) is 24.1. The third-order valence-electron chi connectivity index (χ3n) is 5.93. The molecule has 1 aliphatic heterocycles. The van der Waals surface area contributed by atoms with Gasteiger partial charge in [0, 0.05) is 43.2 Å². The topological polar surface area (TPSA) is 60.2 Å². The molecule has 3 aromatic heterocycles. The van der Waals surface area contributed by atoms with E-state index >= 15 is 0 Å². The van der Waals surface area contributed by atoms with Crippen LogP contribution in [0.1, 0.15) is 37.7 Å². The highest BCUT2D eigenvalue weighted by Crippen LogP contribution is 2.39. The smallest absolute Gasteiger partial charge is 0.419 e. The molecule has 36 heavy (non-hydrogen) atoms. The largest absolute Gasteiger partial charge is 0.443 e. The number of aryl methyl sites for hydroxylation is 1. The van der Waals surface area contributed by atoms with E-state index in [4.69, 9.17) is 9.72 Å². The molecule has 0 radical (unpaired) electrons. The van der Waals surface area contributed by atoms with E-state index in [9.17, 15) is 13.6 Å². The number of aromatic nitrogens is 3. The zero-order valence-corrected chi connectivity index (χ0v) is 21.3. The average molecular weight is 509 g/mol. The van der Waals surface area contributed by atoms with Crippen molar-refractivity contribution >= 4 is 22.4 Å². The van der Waals surface area contributed by atoms with Gasteiger partial charge in [-0.3, -0.25) is 4.98 Å². The molecule has 0 fully saturated rings. The summed E-state index contributed by atoms with van der Waals surface area (Å²) < 4.78 is 36.6. The van der Waals surface area contributed by atoms with Crippen LogP contribution in [0.3, 0.4) is 0 Å². The molecule has 4 aromatic rings. The fourth-order valence-corrected chi connectivity index (χ4v) is 5.53. The zero-order chi connectivity index (χ0) is 25.6. The van der Waals surface area contributed by atoms with Gasteiger partial charge < -0.3 is 9.64 Å². The van der Waals surface area contributed by atoms with Gasteiger partial charge in [-0.25, -0.2) is 23.1 Å². The first-order valence-electron chi connectivity index (χ1n) is 11.7. The molecule has 6 nitrogen and oxygen atoms in total. The minimum Gasteiger partial charge on any atom is -0.443 e. The predicted octanol–water partition coefficient (Wildman–Crippen LogP) is 6.61. The number of nitrogens with zero attached hydrogens (tertiary/aromatic N) is 4. The lowest BCUT2D eigenvalue weighted by Gasteiger charge is -2.29. The molecule has 0 saturated carbocycles. The molecule has 0 bridgehead atoms. The summed E-state index contributed by atoms with van der Waals surface area (Å²) in [5.74, 6) is -1.46. The quantitative estimate of drug-likeness (QED) is 0.312. The normalized spacial score (nSPS) is 13.6. The summed E-state index contributed by atoms with van der Waals surface area (Å²) in [7, 11) is 0. The summed E-state index contributed by atoms with van der Waals surface area (Å²) in [6, 6.07) is 9.24. The molecule has 0 spiro atoms. The lowest BCUT2D eigenvalue weighted by atomic mass is 10.1. The highest BCUT2D eigenvalue weighted by molar-refractivity contribution is 7.19. The Morgan fingerprint density at radius 1 is 1.14 bits per heavy atom. The maximum absolute atomic E-state index is 14.8. The molecule has 0 unspecified atom stereocenters. The van der Waals surface area contributed by atoms with Gasteiger partial charge in [0.15, 0.2) is 0 Å². The van der Waals surface area contributed by atoms with Crippen LogP contribution in [0, 0.1) is 18.6 Å². The number of ether oxygens (including phenoxy) is 1. The van der Waals surface area contributed by atoms with Crippen LogP contribution in [0.4, 0.5) is 18.6 Å². The third-order valence-corrected chi connectivity index (χ3v) is 7.20. The predicted molar refractivity (Wildman–Crippen MR) is 136 cm³/mol. The molecule has 4 heterocycles. The SMILES string of the molecule is Cc1nc(-c2cccnc2)sc1N1CCc2c(cc(-c3c(F)cccc3F)n2C(=O)OC(C)(C)C)C1. The summed E-state index contributed by atoms with van der Waals surface area (Å²) >= 11 is 1.58. The van der Waals surface area contributed by atoms with E-state index in [-0.39, 0.29) is 11.3 Å². The maximum atomic E-state index is 14.8. The molecule has 1 aliphatic rings. The van der Waals surface area contributed by atoms with Crippen molar-refractivity contribution in [2.24, 2.45) is 0 Å². The second-order valence-corrected chi connectivity index (χ2v) is 10.7. The van der Waals surface area contributed by atoms with Gasteiger partial charge in [-0.05, 0) is 63.6 Å². The summed E-state index contributed by atoms with van der Waals surface area (Å²) in [5.41, 5.74) is 2.52. The number of rotatable bonds is 3. The minimum atomic E-state index is -0.761. The standard InChI is InChI=1S/C27H26F2N4O2S/c1-16-25(36-24(31-16)17-7-6-11-30-14-17)32-12-10-21-18(15-32)13-22(23-19(28)8-5-9-20(23)29)33(21)26(34)35-27(2,3)4/h5-9,11,13-14H,10,12,15H2,1-4H3. The monoisotopic (exact) mass is 508 g/mol. The molecule has 0 saturated heterocycles. The number of halogens is 2. The van der Waals surface area contributed by atoms with Crippen molar-refractivity contribution < 1.29 is 18.3 Å². The van der Waals surface area contributed by atoms with Gasteiger partial charge in [0.1, 0.15) is 27.2 Å². The molecular formula is C27H26F2N4O2S. The number of carbonyl (C=O) groups excluding carboxylic acids is 1. The van der Waals surface area contributed by atoms with Gasteiger partial charge in [0.2, 0.25) is 0 Å². The van der Waals surface area contributed by atoms with Gasteiger partial charge in [-0.15, -0.1) is 0 Å². The number of hydrogen-bond acceptors (Lipinski definition) is 6. The maximum Gasteiger partial charge on any atom is 0.419 e. The van der Waals surface area contributed by atoms with Crippen molar-refractivity contribution in [2.45, 2.75) is 46.3 Å². The Balaban J connectivity index is 1.56. The average Bonchev–Trinajstić information content (AvgIpc) is 3.38. The van der Waals surface area contributed by atoms with Crippen molar-refractivity contribution in [1.82, 2.24) is 14.5 Å². The van der Waals surface area contributed by atoms with Gasteiger partial charge in [0.25, 0.3) is 0 Å². The fourth-order valence-electron chi connectivity index (χ4n) is 4.45. The minimum absolute atomic E-state index is 0.156. The van der Waals surface area contributed by atoms with Crippen molar-refractivity contribution in [1.29, 1.82) is 0 Å². The van der Waals surface area contributed by atoms with Crippen LogP contribution in [0.5, 0.6) is 0 Å². The molecule has 186 valence electrons. The molecule has 0 aliphatic carbocycles. The van der Waals surface area contributed by atoms with Gasteiger partial charge in [-0.2, -0.15) is 0 Å². The van der Waals surface area contributed by atoms with Crippen LogP contribution in [0.25, 0.3) is 21.8 Å². The lowest BCUT2D eigenvalue weighted by molar-refractivity contribution is 0.0535. The van der Waals surface area contributed by atoms with Crippen LogP contribution in [-0.2, 0) is 17.7 Å². The van der Waals surface area contributed by atoms with Crippen molar-refractivity contribution in [3.05, 3.63) is 77.4 Å². The molecule has 1 aromatic carbocycles. The zero-order valence-electron chi connectivity index (χ0n) is 20.5. The number of benzene rings is 1. The first-order valence-corrected chi connectivity index (χ1v) is 12.5. The van der Waals surface area contributed by atoms with Crippen LogP contribution < -0.4 is 4.90 Å². The highest BCUT2D eigenvalue weighted by Gasteiger charge is 2.31. The lowest BCUT2D eigenvalue weighted by Crippen LogP contribution is -2.33. The van der Waals surface area contributed by atoms with E-state index in [1.807, 2.05) is 19.1 Å². The molecular weight excluding hydrogens is 482 g/mol. The summed E-state index contributed by atoms with van der Waals surface area (Å²) in [4.78, 5) is 24.4. The Hall–Kier alpha value is -3.59. The van der Waals surface area contributed by atoms with E-state index in [1.54, 1.807) is 50.6 Å². The van der Waals surface area contributed by atoms with Crippen molar-refractivity contribution in [2.75, 3.05) is 11.4 Å². The number of thiazole rings is 1. The third kappa shape index (κ3) is 4.51. The molecule has 0 N–H and O–H groups in total. The number of anilines is 1. The van der Waals surface area contributed by atoms with E-state index in [0.29, 0.717) is 25.2 Å². The van der Waals surface area contributed by atoms with Crippen LogP contribution in [0.2, 0.25) is 0 Å². The second-order valence-electron chi connectivity index (χ2n) is 9.74. The Kier molecular flexibility index (Phi) is 6.12. The Morgan fingerprint density at radius 2 is 1.89 bits per heavy atom. The van der Waals surface area contributed by atoms with Gasteiger partial charge in [0.05, 0.1) is 17.0 Å². The molecule has 0 amide bonds. The van der Waals surface area contributed by atoms with Crippen LogP contribution >= 0.6 is 11.3 Å². The van der Waals surface area contributed by atoms with E-state index in [2.05, 4.69) is 9.88 Å². The van der Waals surface area contributed by atoms with Crippen molar-refractivity contribution in [3.8, 4) is 21.8 Å². The Labute approximate surface area is 212 Å². The Morgan fingerprint density at radius 3 is 2.56 bits per heavy atom. The number of pyridine rings is 1. The molecule has 5 rings (SSSR count).